The molecule has 1 aromatic carbocycles. The Kier molecular flexibility index (Phi) is 3.49. The molecule has 5 heteroatoms. The van der Waals surface area contributed by atoms with Crippen molar-refractivity contribution in [2.24, 2.45) is 0 Å². The molecule has 5 nitrogen and oxygen atoms in total. The minimum Gasteiger partial charge on any atom is -0.504 e. The maximum Gasteiger partial charge on any atom is 0.221 e. The number of phenolic OH excluding ortho intramolecular Hbond substituents is 1. The summed E-state index contributed by atoms with van der Waals surface area (Å²) in [5, 5.41) is 15.8. The number of rotatable bonds is 4. The minimum atomic E-state index is 0.0670. The first kappa shape index (κ1) is 11.7. The highest BCUT2D eigenvalue weighted by Crippen LogP contribution is 2.29. The van der Waals surface area contributed by atoms with Crippen molar-refractivity contribution in [3.63, 3.8) is 0 Å². The van der Waals surface area contributed by atoms with E-state index in [4.69, 9.17) is 4.74 Å². The number of aromatic hydroxyl groups is 1. The predicted molar refractivity (Wildman–Crippen MR) is 62.9 cm³/mol. The number of amides is 1. The molecule has 1 amide bonds. The molecule has 2 rings (SSSR count). The average Bonchev–Trinajstić information content (AvgIpc) is 2.74. The van der Waals surface area contributed by atoms with Crippen LogP contribution in [0.15, 0.2) is 18.2 Å². The normalized spacial score (nSPS) is 19.1. The molecule has 3 N–H and O–H groups in total. The lowest BCUT2D eigenvalue weighted by atomic mass is 10.1. The summed E-state index contributed by atoms with van der Waals surface area (Å²) in [6, 6.07) is 5.50. The lowest BCUT2D eigenvalue weighted by molar-refractivity contribution is -0.119. The van der Waals surface area contributed by atoms with Crippen LogP contribution in [0.2, 0.25) is 0 Å². The summed E-state index contributed by atoms with van der Waals surface area (Å²) in [5.41, 5.74) is 0.767. The second kappa shape index (κ2) is 5.05. The zero-order valence-electron chi connectivity index (χ0n) is 9.69. The van der Waals surface area contributed by atoms with E-state index in [1.54, 1.807) is 6.07 Å². The molecule has 1 aromatic rings. The summed E-state index contributed by atoms with van der Waals surface area (Å²) in [7, 11) is 1.52. The topological polar surface area (TPSA) is 70.6 Å². The highest BCUT2D eigenvalue weighted by molar-refractivity contribution is 5.78. The Balaban J connectivity index is 1.97. The molecule has 1 aliphatic rings. The van der Waals surface area contributed by atoms with Crippen molar-refractivity contribution in [2.75, 3.05) is 13.7 Å². The molecule has 0 spiro atoms. The van der Waals surface area contributed by atoms with Gasteiger partial charge in [-0.2, -0.15) is 0 Å². The first-order valence-corrected chi connectivity index (χ1v) is 5.55. The molecule has 1 saturated heterocycles. The van der Waals surface area contributed by atoms with Gasteiger partial charge < -0.3 is 20.5 Å². The second-order valence-electron chi connectivity index (χ2n) is 4.05. The summed E-state index contributed by atoms with van der Waals surface area (Å²) in [6.07, 6.45) is 0.491. The van der Waals surface area contributed by atoms with Crippen LogP contribution in [0.4, 0.5) is 0 Å². The zero-order valence-corrected chi connectivity index (χ0v) is 9.69. The van der Waals surface area contributed by atoms with Gasteiger partial charge in [-0.3, -0.25) is 4.79 Å². The van der Waals surface area contributed by atoms with Crippen molar-refractivity contribution in [3.8, 4) is 11.5 Å². The van der Waals surface area contributed by atoms with E-state index in [1.165, 1.54) is 7.11 Å². The van der Waals surface area contributed by atoms with Crippen LogP contribution in [0, 0.1) is 0 Å². The van der Waals surface area contributed by atoms with Gasteiger partial charge >= 0.3 is 0 Å². The van der Waals surface area contributed by atoms with E-state index >= 15 is 0 Å². The molecular formula is C12H16N2O3. The molecule has 1 aliphatic heterocycles. The molecule has 1 fully saturated rings. The van der Waals surface area contributed by atoms with Crippen molar-refractivity contribution < 1.29 is 14.6 Å². The largest absolute Gasteiger partial charge is 0.504 e. The third-order valence-electron chi connectivity index (χ3n) is 2.86. The Labute approximate surface area is 99.8 Å². The fourth-order valence-electron chi connectivity index (χ4n) is 1.88. The summed E-state index contributed by atoms with van der Waals surface area (Å²) < 4.78 is 5.03. The van der Waals surface area contributed by atoms with Crippen molar-refractivity contribution in [2.45, 2.75) is 19.0 Å². The fourth-order valence-corrected chi connectivity index (χ4v) is 1.88. The third kappa shape index (κ3) is 2.68. The molecule has 0 bridgehead atoms. The van der Waals surface area contributed by atoms with Crippen LogP contribution in [-0.4, -0.2) is 30.7 Å². The van der Waals surface area contributed by atoms with E-state index in [-0.39, 0.29) is 17.7 Å². The number of hydrogen-bond acceptors (Lipinski definition) is 4. The molecule has 92 valence electrons. The first-order chi connectivity index (χ1) is 8.20. The SMILES string of the molecule is COc1cccc(CNC2CNC(=O)C2)c1O. The Morgan fingerprint density at radius 3 is 3.06 bits per heavy atom. The van der Waals surface area contributed by atoms with Gasteiger partial charge in [-0.05, 0) is 6.07 Å². The van der Waals surface area contributed by atoms with Gasteiger partial charge in [0.05, 0.1) is 7.11 Å². The average molecular weight is 236 g/mol. The third-order valence-corrected chi connectivity index (χ3v) is 2.86. The summed E-state index contributed by atoms with van der Waals surface area (Å²) in [4.78, 5) is 11.0. The summed E-state index contributed by atoms with van der Waals surface area (Å²) in [5.74, 6) is 0.682. The minimum absolute atomic E-state index is 0.0670. The number of ether oxygens (including phenoxy) is 1. The van der Waals surface area contributed by atoms with Crippen LogP contribution < -0.4 is 15.4 Å². The highest BCUT2D eigenvalue weighted by atomic mass is 16.5. The lowest BCUT2D eigenvalue weighted by Gasteiger charge is -2.12. The van der Waals surface area contributed by atoms with Crippen LogP contribution in [0.3, 0.4) is 0 Å². The van der Waals surface area contributed by atoms with Gasteiger partial charge in [0.2, 0.25) is 5.91 Å². The monoisotopic (exact) mass is 236 g/mol. The molecule has 1 heterocycles. The van der Waals surface area contributed by atoms with Crippen LogP contribution in [0.1, 0.15) is 12.0 Å². The van der Waals surface area contributed by atoms with E-state index in [0.29, 0.717) is 25.3 Å². The number of phenols is 1. The summed E-state index contributed by atoms with van der Waals surface area (Å²) >= 11 is 0. The maximum atomic E-state index is 11.0. The lowest BCUT2D eigenvalue weighted by Crippen LogP contribution is -2.30. The van der Waals surface area contributed by atoms with Gasteiger partial charge in [-0.25, -0.2) is 0 Å². The molecule has 1 atom stereocenters. The molecule has 1 unspecified atom stereocenters. The number of methoxy groups -OCH3 is 1. The number of carbonyl (C=O) groups is 1. The van der Waals surface area contributed by atoms with Crippen LogP contribution >= 0.6 is 0 Å². The first-order valence-electron chi connectivity index (χ1n) is 5.55. The molecule has 0 radical (unpaired) electrons. The van der Waals surface area contributed by atoms with Gasteiger partial charge in [0, 0.05) is 31.1 Å². The number of para-hydroxylation sites is 1. The maximum absolute atomic E-state index is 11.0. The Morgan fingerprint density at radius 2 is 2.41 bits per heavy atom. The van der Waals surface area contributed by atoms with Crippen LogP contribution in [0.25, 0.3) is 0 Å². The van der Waals surface area contributed by atoms with Crippen molar-refractivity contribution in [1.29, 1.82) is 0 Å². The van der Waals surface area contributed by atoms with Crippen molar-refractivity contribution >= 4 is 5.91 Å². The van der Waals surface area contributed by atoms with Gasteiger partial charge in [0.25, 0.3) is 0 Å². The fraction of sp³-hybridized carbons (Fsp3) is 0.417. The number of benzene rings is 1. The second-order valence-corrected chi connectivity index (χ2v) is 4.05. The predicted octanol–water partition coefficient (Wildman–Crippen LogP) is 0.379. The molecule has 0 aromatic heterocycles. The Hall–Kier alpha value is -1.75. The molecule has 17 heavy (non-hydrogen) atoms. The van der Waals surface area contributed by atoms with Crippen LogP contribution in [-0.2, 0) is 11.3 Å². The smallest absolute Gasteiger partial charge is 0.221 e. The molecular weight excluding hydrogens is 220 g/mol. The number of nitrogens with one attached hydrogen (secondary N) is 2. The van der Waals surface area contributed by atoms with E-state index in [2.05, 4.69) is 10.6 Å². The van der Waals surface area contributed by atoms with Crippen LogP contribution in [0.5, 0.6) is 11.5 Å². The Morgan fingerprint density at radius 1 is 1.59 bits per heavy atom. The van der Waals surface area contributed by atoms with Gasteiger partial charge in [-0.15, -0.1) is 0 Å². The molecule has 0 aliphatic carbocycles. The highest BCUT2D eigenvalue weighted by Gasteiger charge is 2.21. The van der Waals surface area contributed by atoms with Gasteiger partial charge in [0.15, 0.2) is 11.5 Å². The zero-order chi connectivity index (χ0) is 12.3. The van der Waals surface area contributed by atoms with E-state index < -0.39 is 0 Å². The van der Waals surface area contributed by atoms with Crippen molar-refractivity contribution in [3.05, 3.63) is 23.8 Å². The van der Waals surface area contributed by atoms with Gasteiger partial charge in [0.1, 0.15) is 0 Å². The number of hydrogen-bond donors (Lipinski definition) is 3. The standard InChI is InChI=1S/C12H16N2O3/c1-17-10-4-2-3-8(12(10)16)6-13-9-5-11(15)14-7-9/h2-4,9,13,16H,5-7H2,1H3,(H,14,15). The quantitative estimate of drug-likeness (QED) is 0.706. The summed E-state index contributed by atoms with van der Waals surface area (Å²) in [6.45, 7) is 1.16. The number of carbonyl (C=O) groups excluding carboxylic acids is 1. The Bertz CT molecular complexity index is 420. The van der Waals surface area contributed by atoms with Gasteiger partial charge in [-0.1, -0.05) is 12.1 Å². The van der Waals surface area contributed by atoms with E-state index in [9.17, 15) is 9.90 Å². The van der Waals surface area contributed by atoms with Crippen molar-refractivity contribution in [1.82, 2.24) is 10.6 Å². The van der Waals surface area contributed by atoms with E-state index in [0.717, 1.165) is 5.56 Å². The molecule has 0 saturated carbocycles. The van der Waals surface area contributed by atoms with E-state index in [1.807, 2.05) is 12.1 Å².